The Bertz CT molecular complexity index is 545. The second kappa shape index (κ2) is 6.08. The molecule has 1 aliphatic heterocycles. The van der Waals surface area contributed by atoms with Gasteiger partial charge in [0.1, 0.15) is 5.03 Å². The zero-order chi connectivity index (χ0) is 15.8. The highest BCUT2D eigenvalue weighted by atomic mass is 35.5. The van der Waals surface area contributed by atoms with Crippen molar-refractivity contribution in [3.63, 3.8) is 0 Å². The Hall–Kier alpha value is -0.890. The van der Waals surface area contributed by atoms with Crippen molar-refractivity contribution in [2.45, 2.75) is 31.0 Å². The third-order valence-corrected chi connectivity index (χ3v) is 5.06. The Balaban J connectivity index is 2.61. The summed E-state index contributed by atoms with van der Waals surface area (Å²) < 4.78 is 0. The third kappa shape index (κ3) is 2.63. The fourth-order valence-corrected chi connectivity index (χ4v) is 3.59. The number of hydrogen-bond acceptors (Lipinski definition) is 5. The fraction of sp³-hybridized carbons (Fsp3) is 0.636. The molecule has 116 valence electrons. The summed E-state index contributed by atoms with van der Waals surface area (Å²) in [5, 5.41) is 22.4. The van der Waals surface area contributed by atoms with E-state index in [4.69, 9.17) is 34.8 Å². The number of rotatable bonds is 3. The number of hydrogen-bond donors (Lipinski definition) is 0. The van der Waals surface area contributed by atoms with Crippen LogP contribution < -0.4 is 0 Å². The van der Waals surface area contributed by atoms with E-state index < -0.39 is 26.6 Å². The highest BCUT2D eigenvalue weighted by Crippen LogP contribution is 2.43. The van der Waals surface area contributed by atoms with Crippen LogP contribution in [0.2, 0.25) is 0 Å². The molecule has 10 heteroatoms. The number of allylic oxidation sites excluding steroid dienone is 2. The van der Waals surface area contributed by atoms with Crippen LogP contribution in [0.5, 0.6) is 0 Å². The zero-order valence-electron chi connectivity index (χ0n) is 10.8. The van der Waals surface area contributed by atoms with Crippen LogP contribution in [0.4, 0.5) is 0 Å². The van der Waals surface area contributed by atoms with Crippen LogP contribution in [0, 0.1) is 20.2 Å². The maximum absolute atomic E-state index is 11.7. The highest BCUT2D eigenvalue weighted by molar-refractivity contribution is 6.48. The molecule has 2 aliphatic rings. The maximum Gasteiger partial charge on any atom is 0.370 e. The smallest absolute Gasteiger partial charge is 0.263 e. The zero-order valence-corrected chi connectivity index (χ0v) is 13.1. The molecule has 0 N–H and O–H groups in total. The largest absolute Gasteiger partial charge is 0.370 e. The molecule has 0 aromatic heterocycles. The maximum atomic E-state index is 11.7. The summed E-state index contributed by atoms with van der Waals surface area (Å²) in [6.45, 7) is 0.738. The molecule has 0 bridgehead atoms. The summed E-state index contributed by atoms with van der Waals surface area (Å²) in [4.78, 5) is 23.1. The molecule has 0 saturated carbocycles. The van der Waals surface area contributed by atoms with Crippen molar-refractivity contribution in [1.29, 1.82) is 0 Å². The highest BCUT2D eigenvalue weighted by Gasteiger charge is 2.65. The SMILES string of the molecule is O=[N+]([O-])C1C(Cl)=C(Cl)C(Cl)=CC1(N1CCCCC1)[N+](=O)[O-]. The molecule has 0 amide bonds. The number of piperidine rings is 1. The van der Waals surface area contributed by atoms with Crippen molar-refractivity contribution in [2.24, 2.45) is 0 Å². The molecule has 21 heavy (non-hydrogen) atoms. The van der Waals surface area contributed by atoms with E-state index in [1.165, 1.54) is 4.90 Å². The lowest BCUT2D eigenvalue weighted by Crippen LogP contribution is -2.65. The molecular formula is C11H12Cl3N3O4. The Morgan fingerprint density at radius 1 is 1.14 bits per heavy atom. The van der Waals surface area contributed by atoms with E-state index in [0.29, 0.717) is 13.1 Å². The van der Waals surface area contributed by atoms with Gasteiger partial charge in [0.2, 0.25) is 0 Å². The minimum atomic E-state index is -2.10. The monoisotopic (exact) mass is 355 g/mol. The first-order valence-electron chi connectivity index (χ1n) is 6.29. The van der Waals surface area contributed by atoms with Crippen LogP contribution >= 0.6 is 34.8 Å². The number of nitrogens with zero attached hydrogens (tertiary/aromatic N) is 3. The van der Waals surface area contributed by atoms with E-state index in [0.717, 1.165) is 25.3 Å². The molecule has 0 aromatic rings. The molecule has 2 unspecified atom stereocenters. The predicted molar refractivity (Wildman–Crippen MR) is 78.6 cm³/mol. The van der Waals surface area contributed by atoms with Gasteiger partial charge in [-0.25, -0.2) is 4.90 Å². The van der Waals surface area contributed by atoms with Gasteiger partial charge in [-0.3, -0.25) is 20.2 Å². The van der Waals surface area contributed by atoms with Gasteiger partial charge in [0.05, 0.1) is 15.0 Å². The first kappa shape index (κ1) is 16.5. The Labute approximate surface area is 135 Å². The lowest BCUT2D eigenvalue weighted by atomic mass is 9.91. The van der Waals surface area contributed by atoms with Crippen molar-refractivity contribution < 1.29 is 9.85 Å². The van der Waals surface area contributed by atoms with Crippen LogP contribution in [0.25, 0.3) is 0 Å². The van der Waals surface area contributed by atoms with Crippen molar-refractivity contribution in [3.8, 4) is 0 Å². The first-order valence-corrected chi connectivity index (χ1v) is 7.42. The summed E-state index contributed by atoms with van der Waals surface area (Å²) in [5.74, 6) is 0. The molecule has 7 nitrogen and oxygen atoms in total. The average Bonchev–Trinajstić information content (AvgIpc) is 2.44. The molecule has 2 rings (SSSR count). The predicted octanol–water partition coefficient (Wildman–Crippen LogP) is 2.92. The lowest BCUT2D eigenvalue weighted by Gasteiger charge is -2.39. The van der Waals surface area contributed by atoms with Gasteiger partial charge in [-0.2, -0.15) is 0 Å². The van der Waals surface area contributed by atoms with E-state index >= 15 is 0 Å². The van der Waals surface area contributed by atoms with Crippen molar-refractivity contribution in [2.75, 3.05) is 13.1 Å². The quantitative estimate of drug-likeness (QED) is 0.573. The van der Waals surface area contributed by atoms with Gasteiger partial charge in [-0.1, -0.05) is 41.2 Å². The van der Waals surface area contributed by atoms with E-state index in [-0.39, 0.29) is 10.1 Å². The van der Waals surface area contributed by atoms with Gasteiger partial charge in [0, 0.05) is 24.1 Å². The van der Waals surface area contributed by atoms with Gasteiger partial charge >= 0.3 is 11.7 Å². The van der Waals surface area contributed by atoms with Gasteiger partial charge in [0.25, 0.3) is 0 Å². The van der Waals surface area contributed by atoms with Crippen LogP contribution in [-0.2, 0) is 0 Å². The van der Waals surface area contributed by atoms with Crippen LogP contribution in [0.1, 0.15) is 19.3 Å². The van der Waals surface area contributed by atoms with Gasteiger partial charge in [0.15, 0.2) is 0 Å². The Kier molecular flexibility index (Phi) is 4.77. The lowest BCUT2D eigenvalue weighted by molar-refractivity contribution is -0.658. The normalized spacial score (nSPS) is 31.0. The fourth-order valence-electron chi connectivity index (χ4n) is 2.78. The van der Waals surface area contributed by atoms with Gasteiger partial charge in [-0.15, -0.1) is 0 Å². The summed E-state index contributed by atoms with van der Waals surface area (Å²) in [7, 11) is 0. The molecule has 2 atom stereocenters. The Morgan fingerprint density at radius 2 is 1.71 bits per heavy atom. The molecule has 0 radical (unpaired) electrons. The van der Waals surface area contributed by atoms with E-state index in [2.05, 4.69) is 0 Å². The van der Waals surface area contributed by atoms with Crippen molar-refractivity contribution >= 4 is 34.8 Å². The summed E-state index contributed by atoms with van der Waals surface area (Å²) >= 11 is 17.7. The van der Waals surface area contributed by atoms with Crippen molar-refractivity contribution in [1.82, 2.24) is 4.90 Å². The average molecular weight is 357 g/mol. The molecule has 0 aromatic carbocycles. The number of nitro groups is 2. The van der Waals surface area contributed by atoms with Crippen LogP contribution in [0.15, 0.2) is 21.2 Å². The minimum Gasteiger partial charge on any atom is -0.263 e. The molecule has 1 heterocycles. The van der Waals surface area contributed by atoms with Crippen LogP contribution in [0.3, 0.4) is 0 Å². The minimum absolute atomic E-state index is 0.137. The summed E-state index contributed by atoms with van der Waals surface area (Å²) in [6.07, 6.45) is 3.41. The number of halogens is 3. The molecular weight excluding hydrogens is 344 g/mol. The number of likely N-dealkylation sites (tertiary alicyclic amines) is 1. The molecule has 0 spiro atoms. The Morgan fingerprint density at radius 3 is 2.19 bits per heavy atom. The van der Waals surface area contributed by atoms with Gasteiger partial charge in [-0.05, 0) is 12.8 Å². The summed E-state index contributed by atoms with van der Waals surface area (Å²) in [5.41, 5.74) is -2.10. The second-order valence-electron chi connectivity index (χ2n) is 4.93. The second-order valence-corrected chi connectivity index (χ2v) is 6.12. The van der Waals surface area contributed by atoms with E-state index in [1.54, 1.807) is 0 Å². The molecule has 1 saturated heterocycles. The van der Waals surface area contributed by atoms with Gasteiger partial charge < -0.3 is 0 Å². The first-order chi connectivity index (χ1) is 9.82. The van der Waals surface area contributed by atoms with Crippen molar-refractivity contribution in [3.05, 3.63) is 41.4 Å². The standard InChI is InChI=1S/C11H12Cl3N3O4/c12-7-6-11(17(20)21,15-4-2-1-3-5-15)10(16(18)19)9(14)8(7)13/h6,10H,1-5H2. The third-order valence-electron chi connectivity index (χ3n) is 3.77. The van der Waals surface area contributed by atoms with Crippen LogP contribution in [-0.4, -0.2) is 39.5 Å². The summed E-state index contributed by atoms with van der Waals surface area (Å²) in [6, 6.07) is -1.78. The van der Waals surface area contributed by atoms with E-state index in [1.807, 2.05) is 0 Å². The molecule has 1 aliphatic carbocycles. The molecule has 1 fully saturated rings. The van der Waals surface area contributed by atoms with E-state index in [9.17, 15) is 20.2 Å². The topological polar surface area (TPSA) is 89.5 Å².